The van der Waals surface area contributed by atoms with E-state index in [9.17, 15) is 13.2 Å². The zero-order valence-corrected chi connectivity index (χ0v) is 21.5. The lowest BCUT2D eigenvalue weighted by Gasteiger charge is -2.26. The van der Waals surface area contributed by atoms with Gasteiger partial charge in [-0.15, -0.1) is 0 Å². The Morgan fingerprint density at radius 3 is 2.11 bits per heavy atom. The van der Waals surface area contributed by atoms with E-state index in [2.05, 4.69) is 22.3 Å². The molecule has 2 saturated heterocycles. The van der Waals surface area contributed by atoms with Crippen molar-refractivity contribution in [1.82, 2.24) is 14.5 Å². The average molecular weight is 500 g/mol. The smallest absolute Gasteiger partial charge is 0.255 e. The Hall–Kier alpha value is -2.42. The first-order valence-electron chi connectivity index (χ1n) is 12.7. The van der Waals surface area contributed by atoms with Gasteiger partial charge in [-0.25, -0.2) is 8.42 Å². The molecule has 2 aliphatic heterocycles. The first kappa shape index (κ1) is 25.7. The van der Waals surface area contributed by atoms with Gasteiger partial charge in [0.2, 0.25) is 10.0 Å². The summed E-state index contributed by atoms with van der Waals surface area (Å²) in [5.41, 5.74) is 2.49. The van der Waals surface area contributed by atoms with E-state index >= 15 is 0 Å². The number of ether oxygens (including phenoxy) is 1. The third kappa shape index (κ3) is 6.63. The molecular formula is C27H37N3O4S. The summed E-state index contributed by atoms with van der Waals surface area (Å²) in [4.78, 5) is 15.6. The molecule has 0 saturated carbocycles. The molecule has 2 aromatic rings. The Kier molecular flexibility index (Phi) is 8.81. The zero-order valence-electron chi connectivity index (χ0n) is 20.7. The second-order valence-corrected chi connectivity index (χ2v) is 11.5. The highest BCUT2D eigenvalue weighted by atomic mass is 32.2. The topological polar surface area (TPSA) is 79.0 Å². The molecule has 1 amide bonds. The second-order valence-electron chi connectivity index (χ2n) is 9.52. The average Bonchev–Trinajstić information content (AvgIpc) is 3.19. The predicted octanol–water partition coefficient (Wildman–Crippen LogP) is 4.18. The molecule has 0 spiro atoms. The van der Waals surface area contributed by atoms with Crippen LogP contribution in [0.15, 0.2) is 47.4 Å². The molecule has 190 valence electrons. The van der Waals surface area contributed by atoms with Crippen LogP contribution in [-0.4, -0.2) is 56.8 Å². The number of carbonyl (C=O) groups excluding carboxylic acids is 1. The van der Waals surface area contributed by atoms with E-state index < -0.39 is 10.0 Å². The Morgan fingerprint density at radius 2 is 1.46 bits per heavy atom. The number of amides is 1. The van der Waals surface area contributed by atoms with Crippen molar-refractivity contribution in [3.63, 3.8) is 0 Å². The molecule has 4 rings (SSSR count). The highest BCUT2D eigenvalue weighted by Crippen LogP contribution is 2.26. The van der Waals surface area contributed by atoms with Crippen LogP contribution in [0.3, 0.4) is 0 Å². The number of hydrogen-bond acceptors (Lipinski definition) is 5. The van der Waals surface area contributed by atoms with Crippen LogP contribution in [0.25, 0.3) is 0 Å². The number of carbonyl (C=O) groups is 1. The third-order valence-corrected chi connectivity index (χ3v) is 8.84. The number of likely N-dealkylation sites (tertiary alicyclic amines) is 1. The number of sulfonamides is 1. The summed E-state index contributed by atoms with van der Waals surface area (Å²) in [6.07, 6.45) is 7.68. The van der Waals surface area contributed by atoms with Gasteiger partial charge in [0.1, 0.15) is 5.75 Å². The number of rotatable bonds is 8. The lowest BCUT2D eigenvalue weighted by atomic mass is 10.1. The van der Waals surface area contributed by atoms with Crippen LogP contribution in [0.1, 0.15) is 66.4 Å². The van der Waals surface area contributed by atoms with E-state index in [1.54, 1.807) is 6.07 Å². The van der Waals surface area contributed by atoms with Crippen LogP contribution in [0.5, 0.6) is 5.75 Å². The predicted molar refractivity (Wildman–Crippen MR) is 137 cm³/mol. The molecule has 7 nitrogen and oxygen atoms in total. The molecule has 0 atom stereocenters. The van der Waals surface area contributed by atoms with Crippen LogP contribution >= 0.6 is 0 Å². The fraction of sp³-hybridized carbons (Fsp3) is 0.519. The molecule has 2 heterocycles. The van der Waals surface area contributed by atoms with Gasteiger partial charge in [0.15, 0.2) is 0 Å². The molecular weight excluding hydrogens is 462 g/mol. The summed E-state index contributed by atoms with van der Waals surface area (Å²) in [5.74, 6) is 0.00126. The molecule has 0 aliphatic carbocycles. The Labute approximate surface area is 209 Å². The van der Waals surface area contributed by atoms with Crippen molar-refractivity contribution in [2.45, 2.75) is 62.9 Å². The minimum atomic E-state index is -3.66. The first-order valence-corrected chi connectivity index (χ1v) is 14.2. The number of hydrogen-bond donors (Lipinski definition) is 1. The molecule has 35 heavy (non-hydrogen) atoms. The third-order valence-electron chi connectivity index (χ3n) is 6.95. The molecule has 0 unspecified atom stereocenters. The molecule has 2 fully saturated rings. The lowest BCUT2D eigenvalue weighted by Crippen LogP contribution is -2.32. The summed E-state index contributed by atoms with van der Waals surface area (Å²) in [5, 5.41) is 2.92. The second kappa shape index (κ2) is 12.0. The van der Waals surface area contributed by atoms with Crippen molar-refractivity contribution in [2.75, 3.05) is 33.3 Å². The summed E-state index contributed by atoms with van der Waals surface area (Å²) in [6, 6.07) is 12.8. The van der Waals surface area contributed by atoms with Crippen LogP contribution < -0.4 is 10.1 Å². The summed E-state index contributed by atoms with van der Waals surface area (Å²) >= 11 is 0. The van der Waals surface area contributed by atoms with Gasteiger partial charge in [-0.05, 0) is 68.1 Å². The van der Waals surface area contributed by atoms with Crippen molar-refractivity contribution in [1.29, 1.82) is 0 Å². The maximum atomic E-state index is 13.2. The van der Waals surface area contributed by atoms with E-state index in [0.29, 0.717) is 25.4 Å². The van der Waals surface area contributed by atoms with Gasteiger partial charge >= 0.3 is 0 Å². The van der Waals surface area contributed by atoms with Crippen LogP contribution in [-0.2, 0) is 23.1 Å². The van der Waals surface area contributed by atoms with E-state index in [4.69, 9.17) is 4.74 Å². The maximum Gasteiger partial charge on any atom is 0.255 e. The van der Waals surface area contributed by atoms with Crippen molar-refractivity contribution in [2.24, 2.45) is 0 Å². The zero-order chi connectivity index (χ0) is 24.7. The fourth-order valence-electron chi connectivity index (χ4n) is 4.87. The van der Waals surface area contributed by atoms with Gasteiger partial charge in [-0.2, -0.15) is 4.31 Å². The molecule has 0 bridgehead atoms. The minimum absolute atomic E-state index is 0.132. The van der Waals surface area contributed by atoms with Gasteiger partial charge < -0.3 is 10.1 Å². The highest BCUT2D eigenvalue weighted by Gasteiger charge is 2.27. The molecule has 2 aromatic carbocycles. The van der Waals surface area contributed by atoms with Gasteiger partial charge in [0.25, 0.3) is 5.91 Å². The summed E-state index contributed by atoms with van der Waals surface area (Å²) in [6.45, 7) is 4.67. The van der Waals surface area contributed by atoms with E-state index in [1.807, 2.05) is 12.1 Å². The standard InChI is InChI=1S/C27H37N3O4S/c1-34-26-14-13-24(35(32,33)30-17-7-2-3-8-18-30)19-25(26)27(31)28-20-22-9-11-23(12-10-22)21-29-15-5-4-6-16-29/h9-14,19H,2-8,15-18,20-21H2,1H3,(H,28,31). The van der Waals surface area contributed by atoms with Gasteiger partial charge in [-0.3, -0.25) is 9.69 Å². The molecule has 0 radical (unpaired) electrons. The number of nitrogens with one attached hydrogen (secondary N) is 1. The van der Waals surface area contributed by atoms with Crippen molar-refractivity contribution in [3.8, 4) is 5.75 Å². The number of methoxy groups -OCH3 is 1. The van der Waals surface area contributed by atoms with Crippen molar-refractivity contribution >= 4 is 15.9 Å². The van der Waals surface area contributed by atoms with Gasteiger partial charge in [0.05, 0.1) is 17.6 Å². The Balaban J connectivity index is 1.42. The largest absolute Gasteiger partial charge is 0.496 e. The van der Waals surface area contributed by atoms with Gasteiger partial charge in [-0.1, -0.05) is 43.5 Å². The summed E-state index contributed by atoms with van der Waals surface area (Å²) < 4.78 is 33.3. The van der Waals surface area contributed by atoms with E-state index in [1.165, 1.54) is 48.4 Å². The number of benzene rings is 2. The first-order chi connectivity index (χ1) is 17.0. The summed E-state index contributed by atoms with van der Waals surface area (Å²) in [7, 11) is -2.17. The van der Waals surface area contributed by atoms with Crippen LogP contribution in [0.2, 0.25) is 0 Å². The normalized spacial score (nSPS) is 18.1. The highest BCUT2D eigenvalue weighted by molar-refractivity contribution is 7.89. The van der Waals surface area contributed by atoms with Gasteiger partial charge in [0, 0.05) is 26.2 Å². The van der Waals surface area contributed by atoms with E-state index in [-0.39, 0.29) is 16.4 Å². The number of nitrogens with zero attached hydrogens (tertiary/aromatic N) is 2. The number of piperidine rings is 1. The monoisotopic (exact) mass is 499 g/mol. The molecule has 0 aromatic heterocycles. The lowest BCUT2D eigenvalue weighted by molar-refractivity contribution is 0.0947. The Bertz CT molecular complexity index is 1090. The van der Waals surface area contributed by atoms with Crippen LogP contribution in [0, 0.1) is 0 Å². The maximum absolute atomic E-state index is 13.2. The van der Waals surface area contributed by atoms with Crippen LogP contribution in [0.4, 0.5) is 0 Å². The molecule has 2 aliphatic rings. The quantitative estimate of drug-likeness (QED) is 0.590. The van der Waals surface area contributed by atoms with Crippen molar-refractivity contribution in [3.05, 3.63) is 59.2 Å². The van der Waals surface area contributed by atoms with Crippen molar-refractivity contribution < 1.29 is 17.9 Å². The van der Waals surface area contributed by atoms with E-state index in [0.717, 1.165) is 50.9 Å². The minimum Gasteiger partial charge on any atom is -0.496 e. The molecule has 8 heteroatoms. The SMILES string of the molecule is COc1ccc(S(=O)(=O)N2CCCCCC2)cc1C(=O)NCc1ccc(CN2CCCCC2)cc1. The fourth-order valence-corrected chi connectivity index (χ4v) is 6.42. The Morgan fingerprint density at radius 1 is 0.857 bits per heavy atom. The molecule has 1 N–H and O–H groups in total.